The highest BCUT2D eigenvalue weighted by atomic mass is 127. The topological polar surface area (TPSA) is 79.2 Å². The standard InChI is InChI=1S/C15H11IN2O3S/c1-8-11(7-17)14(22-12(8)15(20)21-2)18-13(19)9-4-3-5-10(16)6-9/h3-6H,1-2H3,(H,18,19). The Morgan fingerprint density at radius 1 is 1.41 bits per heavy atom. The largest absolute Gasteiger partial charge is 0.465 e. The second kappa shape index (κ2) is 6.89. The third-order valence-electron chi connectivity index (χ3n) is 2.94. The molecule has 0 aliphatic carbocycles. The molecule has 7 heteroatoms. The summed E-state index contributed by atoms with van der Waals surface area (Å²) in [6, 6.07) is 9.10. The third kappa shape index (κ3) is 3.28. The zero-order valence-corrected chi connectivity index (χ0v) is 14.7. The number of hydrogen-bond donors (Lipinski definition) is 1. The lowest BCUT2D eigenvalue weighted by Crippen LogP contribution is -2.11. The Balaban J connectivity index is 2.36. The first-order valence-corrected chi connectivity index (χ1v) is 8.06. The quantitative estimate of drug-likeness (QED) is 0.601. The van der Waals surface area contributed by atoms with Crippen molar-refractivity contribution in [1.82, 2.24) is 0 Å². The highest BCUT2D eigenvalue weighted by Crippen LogP contribution is 2.33. The number of hydrogen-bond acceptors (Lipinski definition) is 5. The Morgan fingerprint density at radius 3 is 2.73 bits per heavy atom. The first-order chi connectivity index (χ1) is 10.5. The van der Waals surface area contributed by atoms with Gasteiger partial charge in [0, 0.05) is 9.13 Å². The number of nitrogens with zero attached hydrogens (tertiary/aromatic N) is 1. The summed E-state index contributed by atoms with van der Waals surface area (Å²) in [7, 11) is 1.28. The van der Waals surface area contributed by atoms with Crippen molar-refractivity contribution in [2.75, 3.05) is 12.4 Å². The van der Waals surface area contributed by atoms with E-state index in [0.717, 1.165) is 14.9 Å². The van der Waals surface area contributed by atoms with E-state index >= 15 is 0 Å². The molecule has 0 unspecified atom stereocenters. The molecule has 0 atom stereocenters. The minimum Gasteiger partial charge on any atom is -0.465 e. The number of anilines is 1. The predicted molar refractivity (Wildman–Crippen MR) is 92.2 cm³/mol. The molecule has 2 rings (SSSR count). The van der Waals surface area contributed by atoms with Crippen LogP contribution in [0.1, 0.15) is 31.2 Å². The molecule has 0 bridgehead atoms. The number of carbonyl (C=O) groups is 2. The number of carbonyl (C=O) groups excluding carboxylic acids is 2. The number of amides is 1. The first-order valence-electron chi connectivity index (χ1n) is 6.16. The molecular formula is C15H11IN2O3S. The number of nitrogens with one attached hydrogen (secondary N) is 1. The van der Waals surface area contributed by atoms with Crippen molar-refractivity contribution in [3.8, 4) is 6.07 Å². The van der Waals surface area contributed by atoms with Gasteiger partial charge >= 0.3 is 5.97 Å². The average Bonchev–Trinajstić information content (AvgIpc) is 2.82. The van der Waals surface area contributed by atoms with Crippen LogP contribution in [0.25, 0.3) is 0 Å². The number of benzene rings is 1. The highest BCUT2D eigenvalue weighted by Gasteiger charge is 2.22. The van der Waals surface area contributed by atoms with E-state index < -0.39 is 5.97 Å². The van der Waals surface area contributed by atoms with Gasteiger partial charge in [-0.2, -0.15) is 5.26 Å². The van der Waals surface area contributed by atoms with E-state index in [1.807, 2.05) is 12.1 Å². The fourth-order valence-electron chi connectivity index (χ4n) is 1.83. The molecule has 1 heterocycles. The van der Waals surface area contributed by atoms with Crippen LogP contribution < -0.4 is 5.32 Å². The smallest absolute Gasteiger partial charge is 0.348 e. The molecule has 0 saturated heterocycles. The van der Waals surface area contributed by atoms with Gasteiger partial charge in [0.2, 0.25) is 0 Å². The number of methoxy groups -OCH3 is 1. The van der Waals surface area contributed by atoms with Gasteiger partial charge in [-0.25, -0.2) is 4.79 Å². The molecular weight excluding hydrogens is 415 g/mol. The van der Waals surface area contributed by atoms with Gasteiger partial charge < -0.3 is 10.1 Å². The number of esters is 1. The molecule has 22 heavy (non-hydrogen) atoms. The summed E-state index contributed by atoms with van der Waals surface area (Å²) in [4.78, 5) is 24.3. The molecule has 0 spiro atoms. The van der Waals surface area contributed by atoms with E-state index in [0.29, 0.717) is 21.0 Å². The Hall–Kier alpha value is -1.92. The Kier molecular flexibility index (Phi) is 5.15. The van der Waals surface area contributed by atoms with Crippen molar-refractivity contribution in [3.05, 3.63) is 49.4 Å². The van der Waals surface area contributed by atoms with Crippen molar-refractivity contribution in [1.29, 1.82) is 5.26 Å². The molecule has 0 aliphatic rings. The van der Waals surface area contributed by atoms with E-state index in [2.05, 4.69) is 32.6 Å². The monoisotopic (exact) mass is 426 g/mol. The van der Waals surface area contributed by atoms with Crippen LogP contribution in [0.5, 0.6) is 0 Å². The minimum atomic E-state index is -0.520. The number of thiophene rings is 1. The molecule has 1 N–H and O–H groups in total. The van der Waals surface area contributed by atoms with E-state index in [-0.39, 0.29) is 11.5 Å². The van der Waals surface area contributed by atoms with Gasteiger partial charge in [-0.1, -0.05) is 6.07 Å². The van der Waals surface area contributed by atoms with E-state index in [1.54, 1.807) is 25.1 Å². The van der Waals surface area contributed by atoms with Crippen molar-refractivity contribution >= 4 is 50.8 Å². The SMILES string of the molecule is COC(=O)c1sc(NC(=O)c2cccc(I)c2)c(C#N)c1C. The van der Waals surface area contributed by atoms with Gasteiger partial charge in [0.1, 0.15) is 15.9 Å². The fraction of sp³-hybridized carbons (Fsp3) is 0.133. The predicted octanol–water partition coefficient (Wildman–Crippen LogP) is 3.57. The lowest BCUT2D eigenvalue weighted by atomic mass is 10.1. The van der Waals surface area contributed by atoms with Crippen molar-refractivity contribution in [2.24, 2.45) is 0 Å². The summed E-state index contributed by atoms with van der Waals surface area (Å²) in [5, 5.41) is 12.3. The summed E-state index contributed by atoms with van der Waals surface area (Å²) in [6.07, 6.45) is 0. The van der Waals surface area contributed by atoms with Crippen molar-refractivity contribution in [3.63, 3.8) is 0 Å². The second-order valence-electron chi connectivity index (χ2n) is 4.33. The zero-order valence-electron chi connectivity index (χ0n) is 11.8. The molecule has 0 aliphatic heterocycles. The van der Waals surface area contributed by atoms with Crippen molar-refractivity contribution < 1.29 is 14.3 Å². The van der Waals surface area contributed by atoms with Crippen LogP contribution in [-0.2, 0) is 4.74 Å². The van der Waals surface area contributed by atoms with E-state index in [1.165, 1.54) is 7.11 Å². The van der Waals surface area contributed by atoms with Gasteiger partial charge in [-0.15, -0.1) is 11.3 Å². The van der Waals surface area contributed by atoms with Gasteiger partial charge in [0.25, 0.3) is 5.91 Å². The molecule has 0 radical (unpaired) electrons. The molecule has 5 nitrogen and oxygen atoms in total. The third-order valence-corrected chi connectivity index (χ3v) is 4.80. The van der Waals surface area contributed by atoms with Crippen LogP contribution in [0.3, 0.4) is 0 Å². The minimum absolute atomic E-state index is 0.282. The summed E-state index contributed by atoms with van der Waals surface area (Å²) < 4.78 is 5.62. The summed E-state index contributed by atoms with van der Waals surface area (Å²) in [6.45, 7) is 1.66. The molecule has 0 fully saturated rings. The summed E-state index contributed by atoms with van der Waals surface area (Å²) >= 11 is 3.16. The molecule has 112 valence electrons. The normalized spacial score (nSPS) is 9.91. The fourth-order valence-corrected chi connectivity index (χ4v) is 3.44. The molecule has 1 aromatic carbocycles. The summed E-state index contributed by atoms with van der Waals surface area (Å²) in [5.41, 5.74) is 1.28. The lowest BCUT2D eigenvalue weighted by Gasteiger charge is -2.03. The molecule has 2 aromatic rings. The average molecular weight is 426 g/mol. The molecule has 1 amide bonds. The molecule has 1 aromatic heterocycles. The van der Waals surface area contributed by atoms with Crippen LogP contribution in [0.15, 0.2) is 24.3 Å². The summed E-state index contributed by atoms with van der Waals surface area (Å²) in [5.74, 6) is -0.846. The van der Waals surface area contributed by atoms with Crippen LogP contribution in [0, 0.1) is 21.8 Å². The van der Waals surface area contributed by atoms with Gasteiger partial charge in [0.15, 0.2) is 0 Å². The Labute approximate surface area is 145 Å². The van der Waals surface area contributed by atoms with Gasteiger partial charge in [0.05, 0.1) is 12.7 Å². The number of nitriles is 1. The number of ether oxygens (including phenoxy) is 1. The van der Waals surface area contributed by atoms with Crippen LogP contribution in [-0.4, -0.2) is 19.0 Å². The number of halogens is 1. The molecule has 0 saturated carbocycles. The highest BCUT2D eigenvalue weighted by molar-refractivity contribution is 14.1. The van der Waals surface area contributed by atoms with E-state index in [9.17, 15) is 14.9 Å². The van der Waals surface area contributed by atoms with Gasteiger partial charge in [-0.05, 0) is 53.3 Å². The van der Waals surface area contributed by atoms with Crippen LogP contribution >= 0.6 is 33.9 Å². The second-order valence-corrected chi connectivity index (χ2v) is 6.59. The van der Waals surface area contributed by atoms with Crippen LogP contribution in [0.2, 0.25) is 0 Å². The number of rotatable bonds is 3. The zero-order chi connectivity index (χ0) is 16.3. The van der Waals surface area contributed by atoms with Crippen LogP contribution in [0.4, 0.5) is 5.00 Å². The van der Waals surface area contributed by atoms with Gasteiger partial charge in [-0.3, -0.25) is 4.79 Å². The lowest BCUT2D eigenvalue weighted by molar-refractivity contribution is 0.0605. The maximum absolute atomic E-state index is 12.3. The maximum Gasteiger partial charge on any atom is 0.348 e. The maximum atomic E-state index is 12.3. The Morgan fingerprint density at radius 2 is 2.14 bits per heavy atom. The Bertz CT molecular complexity index is 793. The van der Waals surface area contributed by atoms with Crippen molar-refractivity contribution in [2.45, 2.75) is 6.92 Å². The first kappa shape index (κ1) is 16.5. The van der Waals surface area contributed by atoms with E-state index in [4.69, 9.17) is 0 Å².